The summed E-state index contributed by atoms with van der Waals surface area (Å²) in [6, 6.07) is 19.7. The van der Waals surface area contributed by atoms with Crippen LogP contribution in [0.2, 0.25) is 10.0 Å². The Morgan fingerprint density at radius 1 is 1.09 bits per heavy atom. The fourth-order valence-corrected chi connectivity index (χ4v) is 3.63. The third-order valence-electron chi connectivity index (χ3n) is 4.87. The van der Waals surface area contributed by atoms with E-state index in [4.69, 9.17) is 32.7 Å². The molecule has 0 atom stereocenters. The summed E-state index contributed by atoms with van der Waals surface area (Å²) in [4.78, 5) is 12.7. The van der Waals surface area contributed by atoms with Crippen molar-refractivity contribution in [2.24, 2.45) is 0 Å². The third-order valence-corrected chi connectivity index (χ3v) is 5.36. The first-order valence-corrected chi connectivity index (χ1v) is 11.7. The van der Waals surface area contributed by atoms with E-state index in [1.54, 1.807) is 48.5 Å². The van der Waals surface area contributed by atoms with Crippen LogP contribution in [0.4, 0.5) is 5.69 Å². The zero-order valence-corrected chi connectivity index (χ0v) is 20.7. The van der Waals surface area contributed by atoms with Crippen molar-refractivity contribution in [1.82, 2.24) is 0 Å². The largest absolute Gasteiger partial charge is 0.490 e. The topological polar surface area (TPSA) is 71.4 Å². The predicted molar refractivity (Wildman–Crippen MR) is 141 cm³/mol. The number of nitriles is 1. The Bertz CT molecular complexity index is 1280. The summed E-state index contributed by atoms with van der Waals surface area (Å²) in [5.41, 5.74) is 2.83. The Hall–Kier alpha value is -3.72. The van der Waals surface area contributed by atoms with Crippen LogP contribution < -0.4 is 14.8 Å². The summed E-state index contributed by atoms with van der Waals surface area (Å²) in [7, 11) is 0. The van der Waals surface area contributed by atoms with E-state index >= 15 is 0 Å². The lowest BCUT2D eigenvalue weighted by Gasteiger charge is -2.17. The summed E-state index contributed by atoms with van der Waals surface area (Å²) in [6.45, 7) is 6.45. The average Bonchev–Trinajstić information content (AvgIpc) is 2.83. The van der Waals surface area contributed by atoms with Crippen LogP contribution >= 0.6 is 23.2 Å². The van der Waals surface area contributed by atoms with Crippen molar-refractivity contribution in [3.63, 3.8) is 0 Å². The normalized spacial score (nSPS) is 10.9. The van der Waals surface area contributed by atoms with Crippen LogP contribution in [0.3, 0.4) is 0 Å². The van der Waals surface area contributed by atoms with Crippen LogP contribution in [0.15, 0.2) is 78.9 Å². The van der Waals surface area contributed by atoms with Crippen molar-refractivity contribution in [1.29, 1.82) is 5.26 Å². The Morgan fingerprint density at radius 2 is 1.86 bits per heavy atom. The quantitative estimate of drug-likeness (QED) is 0.178. The predicted octanol–water partition coefficient (Wildman–Crippen LogP) is 7.25. The number of hydrogen-bond acceptors (Lipinski definition) is 4. The van der Waals surface area contributed by atoms with E-state index in [1.165, 1.54) is 6.08 Å². The number of carbonyl (C=O) groups is 1. The lowest BCUT2D eigenvalue weighted by Crippen LogP contribution is -2.13. The number of allylic oxidation sites excluding steroid dienone is 1. The highest BCUT2D eigenvalue weighted by molar-refractivity contribution is 6.31. The van der Waals surface area contributed by atoms with Crippen LogP contribution in [0, 0.1) is 11.3 Å². The molecule has 0 saturated carbocycles. The van der Waals surface area contributed by atoms with Gasteiger partial charge in [0.05, 0.1) is 6.61 Å². The summed E-state index contributed by atoms with van der Waals surface area (Å²) >= 11 is 12.0. The molecule has 0 bridgehead atoms. The van der Waals surface area contributed by atoms with Crippen LogP contribution in [-0.2, 0) is 17.8 Å². The van der Waals surface area contributed by atoms with Gasteiger partial charge in [-0.1, -0.05) is 47.5 Å². The molecular weight excluding hydrogens is 483 g/mol. The van der Waals surface area contributed by atoms with Crippen LogP contribution in [-0.4, -0.2) is 12.5 Å². The number of carbonyl (C=O) groups excluding carboxylic acids is 1. The molecule has 0 unspecified atom stereocenters. The van der Waals surface area contributed by atoms with Crippen molar-refractivity contribution in [3.05, 3.63) is 106 Å². The molecule has 0 fully saturated rings. The van der Waals surface area contributed by atoms with Crippen molar-refractivity contribution < 1.29 is 14.3 Å². The summed E-state index contributed by atoms with van der Waals surface area (Å²) in [5.74, 6) is 0.557. The van der Waals surface area contributed by atoms with Gasteiger partial charge in [-0.05, 0) is 73.0 Å². The minimum atomic E-state index is -0.541. The minimum Gasteiger partial charge on any atom is -0.490 e. The zero-order chi connectivity index (χ0) is 25.2. The van der Waals surface area contributed by atoms with Gasteiger partial charge in [-0.25, -0.2) is 0 Å². The summed E-state index contributed by atoms with van der Waals surface area (Å²) in [6.07, 6.45) is 3.77. The van der Waals surface area contributed by atoms with Gasteiger partial charge in [0.1, 0.15) is 18.2 Å². The lowest BCUT2D eigenvalue weighted by atomic mass is 10.0. The lowest BCUT2D eigenvalue weighted by molar-refractivity contribution is -0.112. The van der Waals surface area contributed by atoms with Crippen molar-refractivity contribution in [2.45, 2.75) is 20.0 Å². The van der Waals surface area contributed by atoms with Gasteiger partial charge in [-0.3, -0.25) is 4.79 Å². The highest BCUT2D eigenvalue weighted by Crippen LogP contribution is 2.35. The van der Waals surface area contributed by atoms with Crippen molar-refractivity contribution in [2.75, 3.05) is 11.9 Å². The molecule has 0 heterocycles. The SMILES string of the molecule is C=CCc1cc(/C=C(\C#N)C(=O)Nc2cccc(Cl)c2)cc(OCC)c1OCc1ccc(Cl)cc1. The summed E-state index contributed by atoms with van der Waals surface area (Å²) < 4.78 is 12.0. The maximum Gasteiger partial charge on any atom is 0.266 e. The number of amides is 1. The zero-order valence-electron chi connectivity index (χ0n) is 19.2. The van der Waals surface area contributed by atoms with E-state index in [1.807, 2.05) is 31.2 Å². The fourth-order valence-electron chi connectivity index (χ4n) is 3.32. The molecular formula is C28H24Cl2N2O3. The molecule has 0 spiro atoms. The Balaban J connectivity index is 1.92. The Morgan fingerprint density at radius 3 is 2.51 bits per heavy atom. The van der Waals surface area contributed by atoms with E-state index in [0.717, 1.165) is 11.1 Å². The van der Waals surface area contributed by atoms with Crippen LogP contribution in [0.1, 0.15) is 23.6 Å². The second-order valence-electron chi connectivity index (χ2n) is 7.48. The average molecular weight is 507 g/mol. The first-order chi connectivity index (χ1) is 16.9. The van der Waals surface area contributed by atoms with Gasteiger partial charge in [0.25, 0.3) is 5.91 Å². The van der Waals surface area contributed by atoms with Gasteiger partial charge in [0.2, 0.25) is 0 Å². The molecule has 5 nitrogen and oxygen atoms in total. The van der Waals surface area contributed by atoms with Crippen molar-refractivity contribution >= 4 is 40.9 Å². The van der Waals surface area contributed by atoms with Gasteiger partial charge >= 0.3 is 0 Å². The molecule has 0 aliphatic heterocycles. The molecule has 0 saturated heterocycles. The Labute approximate surface area is 215 Å². The van der Waals surface area contributed by atoms with E-state index in [0.29, 0.717) is 52.4 Å². The van der Waals surface area contributed by atoms with Crippen molar-refractivity contribution in [3.8, 4) is 17.6 Å². The molecule has 7 heteroatoms. The number of benzene rings is 3. The molecule has 1 N–H and O–H groups in total. The second kappa shape index (κ2) is 12.7. The second-order valence-corrected chi connectivity index (χ2v) is 8.36. The van der Waals surface area contributed by atoms with E-state index in [9.17, 15) is 10.1 Å². The highest BCUT2D eigenvalue weighted by Gasteiger charge is 2.15. The minimum absolute atomic E-state index is 0.0631. The van der Waals surface area contributed by atoms with Gasteiger partial charge < -0.3 is 14.8 Å². The van der Waals surface area contributed by atoms with Crippen LogP contribution in [0.5, 0.6) is 11.5 Å². The molecule has 1 amide bonds. The van der Waals surface area contributed by atoms with Gasteiger partial charge in [-0.2, -0.15) is 5.26 Å². The highest BCUT2D eigenvalue weighted by atomic mass is 35.5. The van der Waals surface area contributed by atoms with E-state index in [-0.39, 0.29) is 5.57 Å². The van der Waals surface area contributed by atoms with E-state index in [2.05, 4.69) is 11.9 Å². The third kappa shape index (κ3) is 7.38. The number of rotatable bonds is 10. The maximum absolute atomic E-state index is 12.7. The Kier molecular flexibility index (Phi) is 9.37. The number of hydrogen-bond donors (Lipinski definition) is 1. The molecule has 3 aromatic rings. The monoisotopic (exact) mass is 506 g/mol. The standard InChI is InChI=1S/C28H24Cl2N2O3/c1-3-6-21-13-20(14-22(17-31)28(33)32-25-8-5-7-24(30)16-25)15-26(34-4-2)27(21)35-18-19-9-11-23(29)12-10-19/h3,5,7-16H,1,4,6,18H2,2H3,(H,32,33)/b22-14+. The molecule has 3 aromatic carbocycles. The molecule has 0 aliphatic rings. The molecule has 0 aliphatic carbocycles. The number of ether oxygens (including phenoxy) is 2. The number of halogens is 2. The maximum atomic E-state index is 12.7. The fraction of sp³-hybridized carbons (Fsp3) is 0.143. The summed E-state index contributed by atoms with van der Waals surface area (Å²) in [5, 5.41) is 13.5. The molecule has 3 rings (SSSR count). The number of nitrogens with zero attached hydrogens (tertiary/aromatic N) is 1. The van der Waals surface area contributed by atoms with Gasteiger partial charge in [-0.15, -0.1) is 6.58 Å². The molecule has 0 radical (unpaired) electrons. The molecule has 35 heavy (non-hydrogen) atoms. The molecule has 0 aromatic heterocycles. The number of anilines is 1. The van der Waals surface area contributed by atoms with Gasteiger partial charge in [0.15, 0.2) is 11.5 Å². The number of nitrogens with one attached hydrogen (secondary N) is 1. The molecule has 178 valence electrons. The first-order valence-electron chi connectivity index (χ1n) is 10.9. The van der Waals surface area contributed by atoms with Gasteiger partial charge in [0, 0.05) is 21.3 Å². The van der Waals surface area contributed by atoms with E-state index < -0.39 is 5.91 Å². The first kappa shape index (κ1) is 25.9. The van der Waals surface area contributed by atoms with Crippen LogP contribution in [0.25, 0.3) is 6.08 Å². The smallest absolute Gasteiger partial charge is 0.266 e.